The Kier molecular flexibility index (Phi) is 6.11. The molecule has 0 aliphatic heterocycles. The van der Waals surface area contributed by atoms with Crippen LogP contribution in [-0.2, 0) is 27.2 Å². The van der Waals surface area contributed by atoms with Crippen LogP contribution in [0.5, 0.6) is 0 Å². The van der Waals surface area contributed by atoms with Crippen LogP contribution >= 0.6 is 0 Å². The quantitative estimate of drug-likeness (QED) is 0.295. The summed E-state index contributed by atoms with van der Waals surface area (Å²) in [5, 5.41) is 0. The Morgan fingerprint density at radius 1 is 1.03 bits per heavy atom. The third kappa shape index (κ3) is 3.70. The van der Waals surface area contributed by atoms with Gasteiger partial charge in [-0.1, -0.05) is 45.9 Å². The van der Waals surface area contributed by atoms with Crippen LogP contribution < -0.4 is 0 Å². The number of aromatic nitrogens is 4. The van der Waals surface area contributed by atoms with Crippen LogP contribution in [-0.4, -0.2) is 19.1 Å². The van der Waals surface area contributed by atoms with E-state index in [-0.39, 0.29) is 20.1 Å². The van der Waals surface area contributed by atoms with E-state index in [4.69, 9.17) is 4.98 Å². The molecule has 0 aliphatic carbocycles. The van der Waals surface area contributed by atoms with Gasteiger partial charge in [0.05, 0.1) is 11.6 Å². The summed E-state index contributed by atoms with van der Waals surface area (Å²) in [6.07, 6.45) is 3.94. The second-order valence-corrected chi connectivity index (χ2v) is 8.05. The third-order valence-corrected chi connectivity index (χ3v) is 5.50. The summed E-state index contributed by atoms with van der Waals surface area (Å²) in [6.45, 7) is 11.0. The second-order valence-electron chi connectivity index (χ2n) is 8.05. The van der Waals surface area contributed by atoms with Crippen molar-refractivity contribution in [1.29, 1.82) is 0 Å². The zero-order chi connectivity index (χ0) is 20.0. The maximum Gasteiger partial charge on any atom is 0.0941 e. The van der Waals surface area contributed by atoms with Gasteiger partial charge in [0.25, 0.3) is 0 Å². The van der Waals surface area contributed by atoms with Crippen LogP contribution in [0, 0.1) is 13.0 Å². The molecule has 0 spiro atoms. The maximum atomic E-state index is 4.71. The van der Waals surface area contributed by atoms with Crippen molar-refractivity contribution in [1.82, 2.24) is 19.1 Å². The minimum absolute atomic E-state index is 0. The Morgan fingerprint density at radius 3 is 2.31 bits per heavy atom. The minimum atomic E-state index is 0. The Hall–Kier alpha value is -2.23. The number of para-hydroxylation sites is 1. The van der Waals surface area contributed by atoms with E-state index in [1.54, 1.807) is 0 Å². The molecule has 0 aliphatic rings. The molecule has 0 saturated heterocycles. The van der Waals surface area contributed by atoms with E-state index in [1.807, 2.05) is 26.2 Å². The van der Waals surface area contributed by atoms with Crippen molar-refractivity contribution in [2.75, 3.05) is 0 Å². The van der Waals surface area contributed by atoms with E-state index < -0.39 is 0 Å². The molecule has 1 radical (unpaired) electrons. The first-order chi connectivity index (χ1) is 13.4. The summed E-state index contributed by atoms with van der Waals surface area (Å²) in [6, 6.07) is 14.1. The van der Waals surface area contributed by atoms with Gasteiger partial charge in [-0.05, 0) is 35.4 Å². The molecule has 0 atom stereocenters. The number of benzene rings is 2. The average molecular weight is 564 g/mol. The average Bonchev–Trinajstić information content (AvgIpc) is 3.26. The van der Waals surface area contributed by atoms with Crippen LogP contribution in [0.4, 0.5) is 0 Å². The van der Waals surface area contributed by atoms with Crippen LogP contribution in [0.1, 0.15) is 56.5 Å². The Bertz CT molecular complexity index is 1120. The molecule has 2 heterocycles. The molecule has 5 heteroatoms. The van der Waals surface area contributed by atoms with Crippen molar-refractivity contribution >= 4 is 11.0 Å². The normalized spacial score (nSPS) is 11.4. The number of imidazole rings is 2. The molecule has 0 saturated carbocycles. The van der Waals surface area contributed by atoms with Gasteiger partial charge in [-0.3, -0.25) is 9.97 Å². The predicted molar refractivity (Wildman–Crippen MR) is 115 cm³/mol. The standard InChI is InChI=1S/C24H27N4.Ir/c1-15(2)19-8-7-9-20(16(3)4)23(19)28-13-12-25-24(28)18-10-11-21-22(14-18)27(6)17(5)26-21;/h7-9,11-16H,1-6H3;/q-1;. The molecule has 4 nitrogen and oxygen atoms in total. The molecule has 0 bridgehead atoms. The van der Waals surface area contributed by atoms with Crippen molar-refractivity contribution in [3.63, 3.8) is 0 Å². The SMILES string of the molecule is Cc1nc2c[c-]c(-c3nccn3-c3c(C(C)C)cccc3C(C)C)cc2n1C.[Ir]. The van der Waals surface area contributed by atoms with Gasteiger partial charge in [0, 0.05) is 50.8 Å². The zero-order valence-corrected chi connectivity index (χ0v) is 20.2. The molecule has 2 aromatic carbocycles. The topological polar surface area (TPSA) is 35.6 Å². The fourth-order valence-corrected chi connectivity index (χ4v) is 3.86. The molecule has 4 rings (SSSR count). The van der Waals surface area contributed by atoms with Crippen molar-refractivity contribution in [3.8, 4) is 17.1 Å². The van der Waals surface area contributed by atoms with Gasteiger partial charge >= 0.3 is 0 Å². The second kappa shape index (κ2) is 8.25. The molecular formula is C24H27IrN4-. The molecule has 0 unspecified atom stereocenters. The zero-order valence-electron chi connectivity index (χ0n) is 17.8. The molecule has 0 N–H and O–H groups in total. The smallest absolute Gasteiger partial charge is 0.0941 e. The molecule has 0 fully saturated rings. The minimum Gasteiger partial charge on any atom is -0.349 e. The fraction of sp³-hybridized carbons (Fsp3) is 0.333. The van der Waals surface area contributed by atoms with Crippen LogP contribution in [0.25, 0.3) is 28.1 Å². The monoisotopic (exact) mass is 564 g/mol. The first-order valence-electron chi connectivity index (χ1n) is 9.90. The summed E-state index contributed by atoms with van der Waals surface area (Å²) in [5.74, 6) is 2.76. The summed E-state index contributed by atoms with van der Waals surface area (Å²) in [5.41, 5.74) is 6.96. The van der Waals surface area contributed by atoms with Gasteiger partial charge in [-0.2, -0.15) is 0 Å². The van der Waals surface area contributed by atoms with Gasteiger partial charge in [0.15, 0.2) is 0 Å². The summed E-state index contributed by atoms with van der Waals surface area (Å²) < 4.78 is 4.34. The fourth-order valence-electron chi connectivity index (χ4n) is 3.86. The number of aryl methyl sites for hydroxylation is 2. The predicted octanol–water partition coefficient (Wildman–Crippen LogP) is 5.78. The molecule has 4 aromatic rings. The number of fused-ring (bicyclic) bond motifs is 1. The van der Waals surface area contributed by atoms with Crippen LogP contribution in [0.2, 0.25) is 0 Å². The molecular weight excluding hydrogens is 537 g/mol. The third-order valence-electron chi connectivity index (χ3n) is 5.50. The molecule has 2 aromatic heterocycles. The van der Waals surface area contributed by atoms with Gasteiger partial charge < -0.3 is 9.13 Å². The van der Waals surface area contributed by atoms with Crippen LogP contribution in [0.15, 0.2) is 42.7 Å². The van der Waals surface area contributed by atoms with E-state index in [0.717, 1.165) is 28.2 Å². The first-order valence-corrected chi connectivity index (χ1v) is 9.90. The summed E-state index contributed by atoms with van der Waals surface area (Å²) in [7, 11) is 2.05. The molecule has 153 valence electrons. The maximum absolute atomic E-state index is 4.71. The van der Waals surface area contributed by atoms with Crippen molar-refractivity contribution in [2.24, 2.45) is 7.05 Å². The number of hydrogen-bond acceptors (Lipinski definition) is 2. The van der Waals surface area contributed by atoms with E-state index in [2.05, 4.69) is 78.3 Å². The largest absolute Gasteiger partial charge is 0.349 e. The Balaban J connectivity index is 0.00000240. The molecule has 0 amide bonds. The van der Waals surface area contributed by atoms with Crippen molar-refractivity contribution in [2.45, 2.75) is 46.5 Å². The van der Waals surface area contributed by atoms with Crippen molar-refractivity contribution in [3.05, 3.63) is 65.7 Å². The first kappa shape index (κ1) is 21.5. The number of rotatable bonds is 4. The van der Waals surface area contributed by atoms with Crippen molar-refractivity contribution < 1.29 is 20.1 Å². The van der Waals surface area contributed by atoms with E-state index in [1.165, 1.54) is 16.8 Å². The Labute approximate surface area is 186 Å². The summed E-state index contributed by atoms with van der Waals surface area (Å²) in [4.78, 5) is 9.30. The van der Waals surface area contributed by atoms with E-state index in [0.29, 0.717) is 11.8 Å². The Morgan fingerprint density at radius 2 is 1.69 bits per heavy atom. The van der Waals surface area contributed by atoms with Gasteiger partial charge in [-0.25, -0.2) is 0 Å². The number of hydrogen-bond donors (Lipinski definition) is 0. The van der Waals surface area contributed by atoms with Gasteiger partial charge in [0.2, 0.25) is 0 Å². The van der Waals surface area contributed by atoms with Crippen LogP contribution in [0.3, 0.4) is 0 Å². The van der Waals surface area contributed by atoms with Gasteiger partial charge in [0.1, 0.15) is 0 Å². The van der Waals surface area contributed by atoms with E-state index in [9.17, 15) is 0 Å². The summed E-state index contributed by atoms with van der Waals surface area (Å²) >= 11 is 0. The number of nitrogens with zero attached hydrogens (tertiary/aromatic N) is 4. The molecule has 29 heavy (non-hydrogen) atoms. The van der Waals surface area contributed by atoms with E-state index >= 15 is 0 Å². The van der Waals surface area contributed by atoms with Gasteiger partial charge in [-0.15, -0.1) is 23.8 Å².